The van der Waals surface area contributed by atoms with Gasteiger partial charge in [-0.1, -0.05) is 23.7 Å². The van der Waals surface area contributed by atoms with Gasteiger partial charge in [-0.25, -0.2) is 4.98 Å². The number of likely N-dealkylation sites (tertiary alicyclic amines) is 1. The van der Waals surface area contributed by atoms with Gasteiger partial charge in [-0.05, 0) is 43.7 Å². The number of hydrogen-bond donors (Lipinski definition) is 0. The Kier molecular flexibility index (Phi) is 6.74. The Hall–Kier alpha value is -3.20. The zero-order valence-corrected chi connectivity index (χ0v) is 19.2. The molecule has 3 aromatic rings. The molecule has 1 amide bonds. The third-order valence-corrected chi connectivity index (χ3v) is 6.20. The van der Waals surface area contributed by atoms with Gasteiger partial charge in [-0.2, -0.15) is 23.4 Å². The summed E-state index contributed by atoms with van der Waals surface area (Å²) in [5.41, 5.74) is 1.23. The number of ether oxygens (including phenoxy) is 1. The number of alkyl halides is 3. The van der Waals surface area contributed by atoms with E-state index in [0.717, 1.165) is 17.8 Å². The maximum absolute atomic E-state index is 13.2. The summed E-state index contributed by atoms with van der Waals surface area (Å²) in [7, 11) is 0. The lowest BCUT2D eigenvalue weighted by Crippen LogP contribution is -2.32. The Labute approximate surface area is 199 Å². The molecular weight excluding hydrogens is 469 g/mol. The molecule has 3 atom stereocenters. The van der Waals surface area contributed by atoms with Gasteiger partial charge in [0.1, 0.15) is 6.10 Å². The third-order valence-electron chi connectivity index (χ3n) is 5.95. The van der Waals surface area contributed by atoms with E-state index in [2.05, 4.69) is 15.2 Å². The first-order chi connectivity index (χ1) is 16.1. The smallest absolute Gasteiger partial charge is 0.417 e. The first-order valence-corrected chi connectivity index (χ1v) is 11.0. The Morgan fingerprint density at radius 3 is 2.50 bits per heavy atom. The van der Waals surface area contributed by atoms with E-state index in [-0.39, 0.29) is 23.6 Å². The Morgan fingerprint density at radius 1 is 1.15 bits per heavy atom. The van der Waals surface area contributed by atoms with Crippen LogP contribution >= 0.6 is 11.6 Å². The molecule has 1 aromatic carbocycles. The number of hydrogen-bond acceptors (Lipinski definition) is 5. The molecule has 1 aliphatic rings. The first kappa shape index (κ1) is 23.9. The lowest BCUT2D eigenvalue weighted by atomic mass is 9.86. The highest BCUT2D eigenvalue weighted by atomic mass is 35.5. The van der Waals surface area contributed by atoms with Crippen molar-refractivity contribution in [1.82, 2.24) is 20.1 Å². The molecule has 1 fully saturated rings. The normalized spacial score (nSPS) is 19.2. The number of nitrogens with zero attached hydrogens (tertiary/aromatic N) is 4. The molecule has 0 aliphatic carbocycles. The van der Waals surface area contributed by atoms with E-state index in [1.54, 1.807) is 30.0 Å². The molecule has 3 heterocycles. The molecule has 10 heteroatoms. The van der Waals surface area contributed by atoms with Crippen LogP contribution in [-0.2, 0) is 6.18 Å². The Balaban J connectivity index is 1.57. The van der Waals surface area contributed by atoms with Crippen molar-refractivity contribution in [3.05, 3.63) is 82.3 Å². The second-order valence-electron chi connectivity index (χ2n) is 8.32. The minimum atomic E-state index is -4.47. The molecule has 0 bridgehead atoms. The largest absolute Gasteiger partial charge is 0.474 e. The molecule has 0 spiro atoms. The summed E-state index contributed by atoms with van der Waals surface area (Å²) in [6.07, 6.45) is -2.71. The quantitative estimate of drug-likeness (QED) is 0.493. The van der Waals surface area contributed by atoms with Gasteiger partial charge in [-0.15, -0.1) is 0 Å². The molecule has 1 saturated heterocycles. The van der Waals surface area contributed by atoms with Crippen LogP contribution in [0.1, 0.15) is 40.0 Å². The summed E-state index contributed by atoms with van der Waals surface area (Å²) < 4.78 is 44.5. The van der Waals surface area contributed by atoms with Crippen molar-refractivity contribution in [2.45, 2.75) is 32.0 Å². The maximum atomic E-state index is 13.2. The lowest BCUT2D eigenvalue weighted by Gasteiger charge is -2.25. The van der Waals surface area contributed by atoms with Crippen LogP contribution in [0.4, 0.5) is 13.2 Å². The van der Waals surface area contributed by atoms with Gasteiger partial charge in [0.05, 0.1) is 23.0 Å². The summed E-state index contributed by atoms with van der Waals surface area (Å²) >= 11 is 6.05. The number of benzene rings is 1. The van der Waals surface area contributed by atoms with Crippen LogP contribution < -0.4 is 4.74 Å². The molecular formula is C24H22ClF3N4O2. The van der Waals surface area contributed by atoms with Crippen molar-refractivity contribution < 1.29 is 22.7 Å². The van der Waals surface area contributed by atoms with Gasteiger partial charge in [-0.3, -0.25) is 4.79 Å². The van der Waals surface area contributed by atoms with E-state index >= 15 is 0 Å². The van der Waals surface area contributed by atoms with Crippen LogP contribution in [-0.4, -0.2) is 45.2 Å². The Morgan fingerprint density at radius 2 is 1.88 bits per heavy atom. The number of halogens is 4. The number of aryl methyl sites for hydroxylation is 1. The number of rotatable bonds is 5. The van der Waals surface area contributed by atoms with E-state index in [0.29, 0.717) is 29.4 Å². The highest BCUT2D eigenvalue weighted by Crippen LogP contribution is 2.37. The fourth-order valence-corrected chi connectivity index (χ4v) is 4.33. The molecule has 178 valence electrons. The molecule has 2 aromatic heterocycles. The first-order valence-electron chi connectivity index (χ1n) is 10.7. The minimum Gasteiger partial charge on any atom is -0.474 e. The molecule has 4 rings (SSSR count). The van der Waals surface area contributed by atoms with E-state index in [4.69, 9.17) is 16.3 Å². The highest BCUT2D eigenvalue weighted by Gasteiger charge is 2.40. The summed E-state index contributed by atoms with van der Waals surface area (Å²) in [5, 5.41) is 8.37. The minimum absolute atomic E-state index is 0.0680. The average molecular weight is 491 g/mol. The predicted octanol–water partition coefficient (Wildman–Crippen LogP) is 5.18. The fourth-order valence-electron chi connectivity index (χ4n) is 4.20. The van der Waals surface area contributed by atoms with Crippen LogP contribution in [0, 0.1) is 12.8 Å². The molecule has 34 heavy (non-hydrogen) atoms. The summed E-state index contributed by atoms with van der Waals surface area (Å²) in [6, 6.07) is 11.2. The molecule has 0 radical (unpaired) electrons. The van der Waals surface area contributed by atoms with Crippen LogP contribution in [0.2, 0.25) is 5.02 Å². The van der Waals surface area contributed by atoms with Crippen LogP contribution in [0.25, 0.3) is 0 Å². The van der Waals surface area contributed by atoms with E-state index in [1.165, 1.54) is 12.3 Å². The third kappa shape index (κ3) is 5.30. The van der Waals surface area contributed by atoms with Crippen molar-refractivity contribution in [3.8, 4) is 5.88 Å². The number of carbonyl (C=O) groups is 1. The zero-order valence-electron chi connectivity index (χ0n) is 18.5. The predicted molar refractivity (Wildman–Crippen MR) is 120 cm³/mol. The molecule has 6 nitrogen and oxygen atoms in total. The van der Waals surface area contributed by atoms with E-state index in [9.17, 15) is 18.0 Å². The van der Waals surface area contributed by atoms with Crippen molar-refractivity contribution in [1.29, 1.82) is 0 Å². The van der Waals surface area contributed by atoms with Gasteiger partial charge in [0.25, 0.3) is 5.91 Å². The van der Waals surface area contributed by atoms with Crippen LogP contribution in [0.3, 0.4) is 0 Å². The van der Waals surface area contributed by atoms with E-state index < -0.39 is 17.8 Å². The van der Waals surface area contributed by atoms with Crippen LogP contribution in [0.5, 0.6) is 5.88 Å². The van der Waals surface area contributed by atoms with Gasteiger partial charge in [0.2, 0.25) is 5.88 Å². The van der Waals surface area contributed by atoms with Gasteiger partial charge < -0.3 is 9.64 Å². The average Bonchev–Trinajstić information content (AvgIpc) is 3.24. The highest BCUT2D eigenvalue weighted by molar-refractivity contribution is 6.30. The summed E-state index contributed by atoms with van der Waals surface area (Å²) in [6.45, 7) is 4.44. The Bertz CT molecular complexity index is 1160. The molecule has 0 saturated carbocycles. The standard InChI is InChI=1S/C24H22ClF3N4O2/c1-14-9-17(10-30-31-14)23(33)32-12-20(21(13-32)16-3-6-19(25)7-4-16)15(2)34-22-8-5-18(11-29-22)24(26,27)28/h3-11,15,20-21H,12-13H2,1-2H3/t15-,20+,21+/m0/s1. The number of pyridine rings is 1. The SMILES string of the molecule is Cc1cc(C(=O)N2C[C@H]([C@H](C)Oc3ccc(C(F)(F)F)cn3)[C@@H](c3ccc(Cl)cc3)C2)cnn1. The van der Waals surface area contributed by atoms with Gasteiger partial charge in [0.15, 0.2) is 0 Å². The van der Waals surface area contributed by atoms with Gasteiger partial charge >= 0.3 is 6.18 Å². The summed E-state index contributed by atoms with van der Waals surface area (Å²) in [4.78, 5) is 18.7. The van der Waals surface area contributed by atoms with Crippen LogP contribution in [0.15, 0.2) is 54.9 Å². The maximum Gasteiger partial charge on any atom is 0.417 e. The van der Waals surface area contributed by atoms with Crippen molar-refractivity contribution >= 4 is 17.5 Å². The number of carbonyl (C=O) groups excluding carboxylic acids is 1. The zero-order chi connectivity index (χ0) is 24.5. The number of amides is 1. The van der Waals surface area contributed by atoms with Crippen molar-refractivity contribution in [3.63, 3.8) is 0 Å². The summed E-state index contributed by atoms with van der Waals surface area (Å²) in [5.74, 6) is -0.278. The topological polar surface area (TPSA) is 68.2 Å². The van der Waals surface area contributed by atoms with Gasteiger partial charge in [0, 0.05) is 42.2 Å². The molecule has 1 aliphatic heterocycles. The second kappa shape index (κ2) is 9.58. The lowest BCUT2D eigenvalue weighted by molar-refractivity contribution is -0.137. The van der Waals surface area contributed by atoms with Crippen molar-refractivity contribution in [2.24, 2.45) is 5.92 Å². The monoisotopic (exact) mass is 490 g/mol. The van der Waals surface area contributed by atoms with Crippen molar-refractivity contribution in [2.75, 3.05) is 13.1 Å². The number of aromatic nitrogens is 3. The second-order valence-corrected chi connectivity index (χ2v) is 8.76. The van der Waals surface area contributed by atoms with E-state index in [1.807, 2.05) is 19.1 Å². The molecule has 0 unspecified atom stereocenters. The fraction of sp³-hybridized carbons (Fsp3) is 0.333. The molecule has 0 N–H and O–H groups in total.